The number of pyridine rings is 4. The first-order chi connectivity index (χ1) is 19.5. The van der Waals surface area contributed by atoms with Crippen molar-refractivity contribution in [3.8, 4) is 17.1 Å². The lowest BCUT2D eigenvalue weighted by Gasteiger charge is -2.46. The van der Waals surface area contributed by atoms with Crippen molar-refractivity contribution in [3.63, 3.8) is 0 Å². The Morgan fingerprint density at radius 2 is 1.88 bits per heavy atom. The molecular weight excluding hydrogens is 547 g/mol. The van der Waals surface area contributed by atoms with Crippen molar-refractivity contribution in [2.75, 3.05) is 35.7 Å². The molecule has 10 nitrogen and oxygen atoms in total. The molecule has 12 heteroatoms. The van der Waals surface area contributed by atoms with E-state index in [0.717, 1.165) is 5.56 Å². The third-order valence-corrected chi connectivity index (χ3v) is 8.12. The Kier molecular flexibility index (Phi) is 6.46. The molecule has 41 heavy (non-hydrogen) atoms. The number of nitrogens with zero attached hydrogens (tertiary/aromatic N) is 6. The molecule has 0 aromatic carbocycles. The summed E-state index contributed by atoms with van der Waals surface area (Å²) >= 11 is 6.43. The second kappa shape index (κ2) is 9.78. The number of likely N-dealkylation sites (N-methyl/N-ethyl adjacent to an activating group) is 1. The number of piperazine rings is 1. The Hall–Kier alpha value is -4.09. The summed E-state index contributed by atoms with van der Waals surface area (Å²) in [6, 6.07) is 5.68. The van der Waals surface area contributed by atoms with Crippen molar-refractivity contribution in [1.82, 2.24) is 24.8 Å². The first-order valence-electron chi connectivity index (χ1n) is 13.4. The lowest BCUT2D eigenvalue weighted by atomic mass is 9.99. The molecular formula is C29H30ClFN8O2. The van der Waals surface area contributed by atoms with Crippen LogP contribution in [0.4, 0.5) is 21.6 Å². The summed E-state index contributed by atoms with van der Waals surface area (Å²) in [5, 5.41) is 3.89. The van der Waals surface area contributed by atoms with Crippen molar-refractivity contribution < 1.29 is 9.18 Å². The van der Waals surface area contributed by atoms with Gasteiger partial charge in [0, 0.05) is 37.8 Å². The van der Waals surface area contributed by atoms with E-state index >= 15 is 4.39 Å². The molecule has 0 aliphatic carbocycles. The normalized spacial score (nSPS) is 18.7. The molecule has 2 aliphatic heterocycles. The van der Waals surface area contributed by atoms with E-state index in [-0.39, 0.29) is 51.4 Å². The second-order valence-corrected chi connectivity index (χ2v) is 11.4. The lowest BCUT2D eigenvalue weighted by Crippen LogP contribution is -2.64. The predicted molar refractivity (Wildman–Crippen MR) is 159 cm³/mol. The summed E-state index contributed by atoms with van der Waals surface area (Å²) < 4.78 is 17.5. The summed E-state index contributed by atoms with van der Waals surface area (Å²) in [4.78, 5) is 45.1. The lowest BCUT2D eigenvalue weighted by molar-refractivity contribution is -0.120. The molecule has 0 radical (unpaired) electrons. The van der Waals surface area contributed by atoms with E-state index in [2.05, 4.69) is 15.3 Å². The first-order valence-corrected chi connectivity index (χ1v) is 13.8. The molecule has 2 atom stereocenters. The Bertz CT molecular complexity index is 1810. The van der Waals surface area contributed by atoms with Gasteiger partial charge in [-0.25, -0.2) is 14.4 Å². The van der Waals surface area contributed by atoms with E-state index in [9.17, 15) is 9.59 Å². The van der Waals surface area contributed by atoms with Gasteiger partial charge in [0.2, 0.25) is 0 Å². The highest BCUT2D eigenvalue weighted by molar-refractivity contribution is 6.33. The SMILES string of the molecule is Cc1ccnc(C(C)C)c1-n1c(=O)c2c(c3cc(F)c(-c4nc(N)ccc4Cl)nc31)N1C[C@@H](C)NC[C@@H]1C(=O)N2C. The fourth-order valence-electron chi connectivity index (χ4n) is 5.84. The van der Waals surface area contributed by atoms with Gasteiger partial charge in [-0.1, -0.05) is 25.4 Å². The van der Waals surface area contributed by atoms with Crippen molar-refractivity contribution in [2.45, 2.75) is 45.7 Å². The van der Waals surface area contributed by atoms with Gasteiger partial charge in [0.15, 0.2) is 11.5 Å². The summed E-state index contributed by atoms with van der Waals surface area (Å²) in [6.45, 7) is 8.68. The van der Waals surface area contributed by atoms with E-state index in [1.54, 1.807) is 13.2 Å². The number of carbonyl (C=O) groups is 1. The van der Waals surface area contributed by atoms with Crippen LogP contribution in [0.2, 0.25) is 5.02 Å². The minimum Gasteiger partial charge on any atom is -0.384 e. The Morgan fingerprint density at radius 1 is 1.12 bits per heavy atom. The molecule has 4 aromatic heterocycles. The first kappa shape index (κ1) is 27.1. The van der Waals surface area contributed by atoms with Gasteiger partial charge in [-0.3, -0.25) is 19.1 Å². The number of aryl methyl sites for hydroxylation is 1. The molecule has 212 valence electrons. The Balaban J connectivity index is 1.81. The van der Waals surface area contributed by atoms with Gasteiger partial charge in [0.1, 0.15) is 28.9 Å². The fourth-order valence-corrected chi connectivity index (χ4v) is 6.04. The zero-order chi connectivity index (χ0) is 29.3. The van der Waals surface area contributed by atoms with Crippen LogP contribution >= 0.6 is 11.6 Å². The molecule has 4 aromatic rings. The van der Waals surface area contributed by atoms with Gasteiger partial charge in [-0.15, -0.1) is 0 Å². The van der Waals surface area contributed by atoms with Crippen LogP contribution in [0.5, 0.6) is 0 Å². The topological polar surface area (TPSA) is 122 Å². The van der Waals surface area contributed by atoms with Crippen LogP contribution in [0.1, 0.15) is 37.9 Å². The molecule has 3 N–H and O–H groups in total. The summed E-state index contributed by atoms with van der Waals surface area (Å²) in [5.41, 5.74) is 8.21. The number of fused-ring (bicyclic) bond motifs is 5. The minimum atomic E-state index is -0.684. The number of carbonyl (C=O) groups excluding carboxylic acids is 1. The zero-order valence-electron chi connectivity index (χ0n) is 23.4. The van der Waals surface area contributed by atoms with E-state index < -0.39 is 17.4 Å². The van der Waals surface area contributed by atoms with Gasteiger partial charge in [-0.05, 0) is 49.6 Å². The van der Waals surface area contributed by atoms with E-state index in [1.807, 2.05) is 38.7 Å². The molecule has 0 spiro atoms. The van der Waals surface area contributed by atoms with Gasteiger partial charge < -0.3 is 20.9 Å². The highest BCUT2D eigenvalue weighted by atomic mass is 35.5. The monoisotopic (exact) mass is 576 g/mol. The maximum atomic E-state index is 16.1. The molecule has 1 saturated heterocycles. The summed E-state index contributed by atoms with van der Waals surface area (Å²) in [6.07, 6.45) is 1.69. The maximum absolute atomic E-state index is 16.1. The zero-order valence-corrected chi connectivity index (χ0v) is 24.1. The minimum absolute atomic E-state index is 0.0354. The van der Waals surface area contributed by atoms with Crippen LogP contribution in [0, 0.1) is 12.7 Å². The van der Waals surface area contributed by atoms with Gasteiger partial charge in [0.05, 0.1) is 22.1 Å². The van der Waals surface area contributed by atoms with Gasteiger partial charge >= 0.3 is 0 Å². The van der Waals surface area contributed by atoms with Crippen LogP contribution < -0.4 is 26.4 Å². The number of hydrogen-bond acceptors (Lipinski definition) is 8. The van der Waals surface area contributed by atoms with E-state index in [1.165, 1.54) is 27.7 Å². The Labute approximate surface area is 241 Å². The number of rotatable bonds is 3. The summed E-state index contributed by atoms with van der Waals surface area (Å²) in [5.74, 6) is -0.800. The average Bonchev–Trinajstić information content (AvgIpc) is 2.93. The van der Waals surface area contributed by atoms with Crippen molar-refractivity contribution in [1.29, 1.82) is 0 Å². The van der Waals surface area contributed by atoms with E-state index in [0.29, 0.717) is 35.5 Å². The second-order valence-electron chi connectivity index (χ2n) is 11.0. The molecule has 6 rings (SSSR count). The van der Waals surface area contributed by atoms with E-state index in [4.69, 9.17) is 22.3 Å². The van der Waals surface area contributed by atoms with Crippen molar-refractivity contribution in [2.24, 2.45) is 0 Å². The molecule has 6 heterocycles. The molecule has 1 amide bonds. The number of nitrogens with two attached hydrogens (primary N) is 1. The standard InChI is InChI=1S/C29H30ClFN8O2/c1-13(2)21-24(14(3)8-9-33-21)39-27-16(10-18(31)23(36-27)22-17(30)6-7-20(32)35-22)25-26(29(39)41)37(5)28(40)19-11-34-15(4)12-38(19)25/h6-10,13,15,19,34H,11-12H2,1-5H3,(H2,32,35)/t15-,19-/m1/s1. The number of amides is 1. The maximum Gasteiger partial charge on any atom is 0.283 e. The Morgan fingerprint density at radius 3 is 2.61 bits per heavy atom. The molecule has 0 saturated carbocycles. The van der Waals surface area contributed by atoms with Gasteiger partial charge in [0.25, 0.3) is 11.5 Å². The fraction of sp³-hybridized carbons (Fsp3) is 0.345. The van der Waals surface area contributed by atoms with Crippen LogP contribution in [0.15, 0.2) is 35.3 Å². The number of hydrogen-bond donors (Lipinski definition) is 2. The molecule has 2 aliphatic rings. The van der Waals surface area contributed by atoms with Crippen molar-refractivity contribution >= 4 is 45.7 Å². The van der Waals surface area contributed by atoms with Crippen LogP contribution in [-0.2, 0) is 4.79 Å². The number of halogens is 2. The summed E-state index contributed by atoms with van der Waals surface area (Å²) in [7, 11) is 1.59. The third kappa shape index (κ3) is 4.14. The predicted octanol–water partition coefficient (Wildman–Crippen LogP) is 3.79. The number of nitrogens with one attached hydrogen (secondary N) is 1. The molecule has 1 fully saturated rings. The number of aromatic nitrogens is 4. The number of anilines is 3. The van der Waals surface area contributed by atoms with Gasteiger partial charge in [-0.2, -0.15) is 0 Å². The smallest absolute Gasteiger partial charge is 0.283 e. The average molecular weight is 577 g/mol. The number of nitrogen functional groups attached to an aromatic ring is 1. The third-order valence-electron chi connectivity index (χ3n) is 7.81. The molecule has 0 bridgehead atoms. The molecule has 0 unspecified atom stereocenters. The van der Waals surface area contributed by atoms with Crippen LogP contribution in [0.3, 0.4) is 0 Å². The van der Waals surface area contributed by atoms with Crippen LogP contribution in [0.25, 0.3) is 28.1 Å². The highest BCUT2D eigenvalue weighted by Crippen LogP contribution is 2.42. The quantitative estimate of drug-likeness (QED) is 0.378. The largest absolute Gasteiger partial charge is 0.384 e. The van der Waals surface area contributed by atoms with Crippen molar-refractivity contribution in [3.05, 3.63) is 62.9 Å². The van der Waals surface area contributed by atoms with Crippen LogP contribution in [-0.4, -0.2) is 57.6 Å². The highest BCUT2D eigenvalue weighted by Gasteiger charge is 2.43.